The number of carbonyl (C=O) groups excluding carboxylic acids is 3. The highest BCUT2D eigenvalue weighted by Crippen LogP contribution is 2.18. The van der Waals surface area contributed by atoms with Gasteiger partial charge in [0.2, 0.25) is 0 Å². The van der Waals surface area contributed by atoms with Gasteiger partial charge in [-0.1, -0.05) is 0 Å². The third kappa shape index (κ3) is 5.51. The lowest BCUT2D eigenvalue weighted by atomic mass is 9.99. The van der Waals surface area contributed by atoms with Crippen molar-refractivity contribution >= 4 is 18.0 Å². The van der Waals surface area contributed by atoms with Crippen LogP contribution in [0.2, 0.25) is 0 Å². The molecule has 0 aromatic rings. The second kappa shape index (κ2) is 7.44. The molecule has 1 fully saturated rings. The fraction of sp³-hybridized carbons (Fsp3) is 0.786. The first-order chi connectivity index (χ1) is 10.1. The van der Waals surface area contributed by atoms with Crippen molar-refractivity contribution in [1.29, 1.82) is 0 Å². The van der Waals surface area contributed by atoms with Gasteiger partial charge in [0.05, 0.1) is 13.2 Å². The Hall–Kier alpha value is -1.83. The van der Waals surface area contributed by atoms with Gasteiger partial charge in [0.1, 0.15) is 18.2 Å². The molecule has 126 valence electrons. The number of hydrogen-bond donors (Lipinski definition) is 2. The molecule has 0 aromatic heterocycles. The number of nitrogens with zero attached hydrogens (tertiary/aromatic N) is 1. The summed E-state index contributed by atoms with van der Waals surface area (Å²) in [6.45, 7) is 5.13. The van der Waals surface area contributed by atoms with E-state index in [1.807, 2.05) is 0 Å². The maximum Gasteiger partial charge on any atom is 0.407 e. The third-order valence-electron chi connectivity index (χ3n) is 3.19. The molecule has 2 atom stereocenters. The Morgan fingerprint density at radius 2 is 2.00 bits per heavy atom. The molecule has 0 aromatic carbocycles. The van der Waals surface area contributed by atoms with Gasteiger partial charge in [-0.3, -0.25) is 9.59 Å². The first-order valence-corrected chi connectivity index (χ1v) is 7.16. The Balaban J connectivity index is 2.63. The maximum absolute atomic E-state index is 12.0. The summed E-state index contributed by atoms with van der Waals surface area (Å²) in [5, 5.41) is 12.2. The number of aliphatic hydroxyl groups is 1. The van der Waals surface area contributed by atoms with Gasteiger partial charge in [0, 0.05) is 6.54 Å². The number of likely N-dealkylation sites (tertiary alicyclic amines) is 1. The zero-order valence-corrected chi connectivity index (χ0v) is 13.4. The van der Waals surface area contributed by atoms with Crippen molar-refractivity contribution in [3.05, 3.63) is 0 Å². The average Bonchev–Trinajstić information content (AvgIpc) is 2.41. The SMILES string of the molecule is COC(=O)CN1C(=O)[C@@H](O)CC[C@@H]1CNC(=O)OC(C)(C)C. The first-order valence-electron chi connectivity index (χ1n) is 7.16. The van der Waals surface area contributed by atoms with Gasteiger partial charge < -0.3 is 24.8 Å². The molecule has 1 saturated heterocycles. The van der Waals surface area contributed by atoms with E-state index in [0.717, 1.165) is 0 Å². The number of nitrogens with one attached hydrogen (secondary N) is 1. The summed E-state index contributed by atoms with van der Waals surface area (Å²) in [5.74, 6) is -1.11. The highest BCUT2D eigenvalue weighted by Gasteiger charge is 2.35. The highest BCUT2D eigenvalue weighted by molar-refractivity contribution is 5.86. The lowest BCUT2D eigenvalue weighted by Gasteiger charge is -2.37. The topological polar surface area (TPSA) is 105 Å². The third-order valence-corrected chi connectivity index (χ3v) is 3.19. The number of aliphatic hydroxyl groups excluding tert-OH is 1. The van der Waals surface area contributed by atoms with Crippen molar-refractivity contribution in [2.24, 2.45) is 0 Å². The Morgan fingerprint density at radius 3 is 2.55 bits per heavy atom. The summed E-state index contributed by atoms with van der Waals surface area (Å²) in [6.07, 6.45) is -0.955. The predicted molar refractivity (Wildman–Crippen MR) is 77.0 cm³/mol. The summed E-state index contributed by atoms with van der Waals surface area (Å²) in [4.78, 5) is 36.3. The smallest absolute Gasteiger partial charge is 0.407 e. The lowest BCUT2D eigenvalue weighted by molar-refractivity contribution is -0.155. The van der Waals surface area contributed by atoms with Crippen LogP contribution in [0.15, 0.2) is 0 Å². The van der Waals surface area contributed by atoms with Crippen molar-refractivity contribution < 1.29 is 29.0 Å². The Labute approximate surface area is 129 Å². The average molecular weight is 316 g/mol. The fourth-order valence-corrected chi connectivity index (χ4v) is 2.14. The molecular weight excluding hydrogens is 292 g/mol. The van der Waals surface area contributed by atoms with E-state index in [-0.39, 0.29) is 25.6 Å². The minimum absolute atomic E-state index is 0.143. The summed E-state index contributed by atoms with van der Waals surface area (Å²) in [5.41, 5.74) is -0.617. The minimum Gasteiger partial charge on any atom is -0.468 e. The molecule has 0 aliphatic carbocycles. The van der Waals surface area contributed by atoms with Gasteiger partial charge in [-0.15, -0.1) is 0 Å². The van der Waals surface area contributed by atoms with Crippen LogP contribution in [0, 0.1) is 0 Å². The van der Waals surface area contributed by atoms with E-state index < -0.39 is 29.7 Å². The Kier molecular flexibility index (Phi) is 6.16. The fourth-order valence-electron chi connectivity index (χ4n) is 2.14. The van der Waals surface area contributed by atoms with E-state index in [2.05, 4.69) is 10.1 Å². The highest BCUT2D eigenvalue weighted by atomic mass is 16.6. The largest absolute Gasteiger partial charge is 0.468 e. The number of rotatable bonds is 4. The second-order valence-electron chi connectivity index (χ2n) is 6.17. The van der Waals surface area contributed by atoms with E-state index in [1.54, 1.807) is 20.8 Å². The molecule has 1 heterocycles. The van der Waals surface area contributed by atoms with E-state index in [1.165, 1.54) is 12.0 Å². The van der Waals surface area contributed by atoms with Gasteiger partial charge in [-0.2, -0.15) is 0 Å². The van der Waals surface area contributed by atoms with Crippen LogP contribution in [0.5, 0.6) is 0 Å². The molecule has 0 saturated carbocycles. The molecule has 1 aliphatic rings. The van der Waals surface area contributed by atoms with Gasteiger partial charge in [-0.05, 0) is 33.6 Å². The molecule has 8 nitrogen and oxygen atoms in total. The van der Waals surface area contributed by atoms with Crippen LogP contribution in [0.4, 0.5) is 4.79 Å². The number of esters is 1. The Bertz CT molecular complexity index is 432. The lowest BCUT2D eigenvalue weighted by Crippen LogP contribution is -2.55. The Morgan fingerprint density at radius 1 is 1.36 bits per heavy atom. The molecule has 22 heavy (non-hydrogen) atoms. The molecule has 2 amide bonds. The summed E-state index contributed by atoms with van der Waals surface area (Å²) >= 11 is 0. The van der Waals surface area contributed by atoms with Crippen LogP contribution in [-0.4, -0.2) is 65.9 Å². The van der Waals surface area contributed by atoms with Crippen molar-refractivity contribution in [2.45, 2.75) is 51.4 Å². The van der Waals surface area contributed by atoms with Crippen molar-refractivity contribution in [3.8, 4) is 0 Å². The quantitative estimate of drug-likeness (QED) is 0.709. The number of piperidine rings is 1. The molecule has 0 radical (unpaired) electrons. The number of amides is 2. The summed E-state index contributed by atoms with van der Waals surface area (Å²) < 4.78 is 9.67. The monoisotopic (exact) mass is 316 g/mol. The molecule has 0 spiro atoms. The number of carbonyl (C=O) groups is 3. The minimum atomic E-state index is -1.12. The molecule has 0 bridgehead atoms. The predicted octanol–water partition coefficient (Wildman–Crippen LogP) is 0.0360. The number of methoxy groups -OCH3 is 1. The van der Waals surface area contributed by atoms with Crippen LogP contribution in [-0.2, 0) is 19.1 Å². The van der Waals surface area contributed by atoms with Crippen molar-refractivity contribution in [2.75, 3.05) is 20.2 Å². The normalized spacial score (nSPS) is 22.2. The van der Waals surface area contributed by atoms with E-state index in [4.69, 9.17) is 4.74 Å². The first kappa shape index (κ1) is 18.2. The van der Waals surface area contributed by atoms with Crippen LogP contribution in [0.1, 0.15) is 33.6 Å². The van der Waals surface area contributed by atoms with E-state index in [0.29, 0.717) is 6.42 Å². The molecular formula is C14H24N2O6. The second-order valence-corrected chi connectivity index (χ2v) is 6.17. The van der Waals surface area contributed by atoms with Crippen LogP contribution in [0.3, 0.4) is 0 Å². The van der Waals surface area contributed by atoms with Gasteiger partial charge >= 0.3 is 12.1 Å². The zero-order valence-electron chi connectivity index (χ0n) is 13.4. The van der Waals surface area contributed by atoms with Crippen LogP contribution >= 0.6 is 0 Å². The van der Waals surface area contributed by atoms with E-state index >= 15 is 0 Å². The van der Waals surface area contributed by atoms with E-state index in [9.17, 15) is 19.5 Å². The number of alkyl carbamates (subject to hydrolysis) is 1. The van der Waals surface area contributed by atoms with Crippen molar-refractivity contribution in [3.63, 3.8) is 0 Å². The molecule has 8 heteroatoms. The van der Waals surface area contributed by atoms with Crippen molar-refractivity contribution in [1.82, 2.24) is 10.2 Å². The molecule has 2 N–H and O–H groups in total. The number of ether oxygens (including phenoxy) is 2. The molecule has 1 aliphatic heterocycles. The molecule has 0 unspecified atom stereocenters. The van der Waals surface area contributed by atoms with Crippen LogP contribution < -0.4 is 5.32 Å². The number of hydrogen-bond acceptors (Lipinski definition) is 6. The summed E-state index contributed by atoms with van der Waals surface area (Å²) in [7, 11) is 1.22. The van der Waals surface area contributed by atoms with Gasteiger partial charge in [-0.25, -0.2) is 4.79 Å². The van der Waals surface area contributed by atoms with Crippen LogP contribution in [0.25, 0.3) is 0 Å². The summed E-state index contributed by atoms with van der Waals surface area (Å²) in [6, 6.07) is -0.387. The molecule has 1 rings (SSSR count). The van der Waals surface area contributed by atoms with Gasteiger partial charge in [0.25, 0.3) is 5.91 Å². The standard InChI is InChI=1S/C14H24N2O6/c1-14(2,3)22-13(20)15-7-9-5-6-10(17)12(19)16(9)8-11(18)21-4/h9-10,17H,5-8H2,1-4H3,(H,15,20)/t9-,10+/m1/s1. The van der Waals surface area contributed by atoms with Gasteiger partial charge in [0.15, 0.2) is 0 Å². The maximum atomic E-state index is 12.0. The zero-order chi connectivity index (χ0) is 16.9.